The van der Waals surface area contributed by atoms with Gasteiger partial charge in [-0.15, -0.1) is 0 Å². The van der Waals surface area contributed by atoms with Gasteiger partial charge in [-0.3, -0.25) is 0 Å². The maximum Gasteiger partial charge on any atom is 0.141 e. The molecule has 1 heteroatoms. The summed E-state index contributed by atoms with van der Waals surface area (Å²) in [5.41, 5.74) is 5.16. The van der Waals surface area contributed by atoms with Crippen LogP contribution in [-0.4, -0.2) is 5.11 Å². The molecular formula is C30H26O. The fourth-order valence-electron chi connectivity index (χ4n) is 4.99. The van der Waals surface area contributed by atoms with Crippen molar-refractivity contribution in [3.05, 3.63) is 143 Å². The van der Waals surface area contributed by atoms with Crippen molar-refractivity contribution in [2.24, 2.45) is 0 Å². The van der Waals surface area contributed by atoms with Gasteiger partial charge in [0, 0.05) is 11.5 Å². The van der Waals surface area contributed by atoms with Crippen LogP contribution in [0.4, 0.5) is 0 Å². The van der Waals surface area contributed by atoms with Crippen LogP contribution in [0.15, 0.2) is 120 Å². The number of hydrogen-bond acceptors (Lipinski definition) is 1. The number of fused-ring (bicyclic) bond motifs is 1. The van der Waals surface area contributed by atoms with Crippen LogP contribution in [0, 0.1) is 0 Å². The average Bonchev–Trinajstić information content (AvgIpc) is 3.16. The lowest BCUT2D eigenvalue weighted by Crippen LogP contribution is -2.31. The van der Waals surface area contributed by atoms with Gasteiger partial charge in [0.25, 0.3) is 0 Å². The van der Waals surface area contributed by atoms with Gasteiger partial charge in [-0.05, 0) is 41.3 Å². The zero-order valence-electron chi connectivity index (χ0n) is 17.9. The molecule has 1 unspecified atom stereocenters. The summed E-state index contributed by atoms with van der Waals surface area (Å²) in [6.45, 7) is 4.32. The third-order valence-electron chi connectivity index (χ3n) is 6.42. The summed E-state index contributed by atoms with van der Waals surface area (Å²) in [5.74, 6) is 0.151. The average molecular weight is 403 g/mol. The van der Waals surface area contributed by atoms with Crippen LogP contribution in [0.2, 0.25) is 0 Å². The third-order valence-corrected chi connectivity index (χ3v) is 6.42. The van der Waals surface area contributed by atoms with Crippen molar-refractivity contribution >= 4 is 10.8 Å². The summed E-state index contributed by atoms with van der Waals surface area (Å²) < 4.78 is 0. The highest BCUT2D eigenvalue weighted by Crippen LogP contribution is 2.46. The van der Waals surface area contributed by atoms with E-state index in [0.717, 1.165) is 33.0 Å². The van der Waals surface area contributed by atoms with Crippen molar-refractivity contribution in [2.75, 3.05) is 0 Å². The molecule has 0 radical (unpaired) electrons. The van der Waals surface area contributed by atoms with E-state index in [1.165, 1.54) is 11.1 Å². The first-order chi connectivity index (χ1) is 15.1. The standard InChI is InChI=1S/C30H26O/c1-21-19-22(2)28(20-21)27-18-17-23-11-9-10-16-26(23)29(27)30(31,24-12-5-3-6-13-24)25-14-7-4-8-15-25/h3-20,28,31H,1-2H3. The number of hydrogen-bond donors (Lipinski definition) is 1. The number of aliphatic hydroxyl groups is 1. The molecule has 1 aliphatic rings. The van der Waals surface area contributed by atoms with Crippen LogP contribution in [0.5, 0.6) is 0 Å². The van der Waals surface area contributed by atoms with Crippen molar-refractivity contribution in [1.29, 1.82) is 0 Å². The van der Waals surface area contributed by atoms with E-state index in [4.69, 9.17) is 0 Å². The molecule has 1 N–H and O–H groups in total. The number of allylic oxidation sites excluding steroid dienone is 4. The van der Waals surface area contributed by atoms with Gasteiger partial charge in [-0.1, -0.05) is 120 Å². The van der Waals surface area contributed by atoms with E-state index < -0.39 is 5.60 Å². The van der Waals surface area contributed by atoms with Gasteiger partial charge in [0.05, 0.1) is 0 Å². The molecule has 152 valence electrons. The topological polar surface area (TPSA) is 20.2 Å². The number of rotatable bonds is 4. The Morgan fingerprint density at radius 1 is 0.677 bits per heavy atom. The lowest BCUT2D eigenvalue weighted by molar-refractivity contribution is 0.126. The summed E-state index contributed by atoms with van der Waals surface area (Å²) in [6, 6.07) is 32.8. The van der Waals surface area contributed by atoms with E-state index in [0.29, 0.717) is 0 Å². The second-order valence-electron chi connectivity index (χ2n) is 8.47. The van der Waals surface area contributed by atoms with Crippen molar-refractivity contribution in [2.45, 2.75) is 25.4 Å². The van der Waals surface area contributed by atoms with Crippen LogP contribution < -0.4 is 0 Å². The second kappa shape index (κ2) is 7.68. The molecule has 4 aromatic carbocycles. The smallest absolute Gasteiger partial charge is 0.141 e. The fourth-order valence-corrected chi connectivity index (χ4v) is 4.99. The molecule has 0 saturated heterocycles. The van der Waals surface area contributed by atoms with Crippen LogP contribution in [-0.2, 0) is 5.60 Å². The fraction of sp³-hybridized carbons (Fsp3) is 0.133. The molecular weight excluding hydrogens is 376 g/mol. The molecule has 0 aliphatic heterocycles. The highest BCUT2D eigenvalue weighted by molar-refractivity contribution is 5.89. The van der Waals surface area contributed by atoms with Gasteiger partial charge < -0.3 is 5.11 Å². The molecule has 31 heavy (non-hydrogen) atoms. The van der Waals surface area contributed by atoms with E-state index in [1.807, 2.05) is 60.7 Å². The Morgan fingerprint density at radius 3 is 1.84 bits per heavy atom. The van der Waals surface area contributed by atoms with Crippen LogP contribution in [0.1, 0.15) is 42.0 Å². The molecule has 5 rings (SSSR count). The van der Waals surface area contributed by atoms with E-state index in [-0.39, 0.29) is 5.92 Å². The zero-order valence-corrected chi connectivity index (χ0v) is 17.9. The first-order valence-electron chi connectivity index (χ1n) is 10.8. The van der Waals surface area contributed by atoms with Gasteiger partial charge >= 0.3 is 0 Å². The maximum absolute atomic E-state index is 12.7. The minimum Gasteiger partial charge on any atom is -0.376 e. The van der Waals surface area contributed by atoms with Crippen LogP contribution in [0.3, 0.4) is 0 Å². The highest BCUT2D eigenvalue weighted by Gasteiger charge is 2.38. The SMILES string of the molecule is CC1=CC(c2ccc3ccccc3c2C(O)(c2ccccc2)c2ccccc2)C(C)=C1. The van der Waals surface area contributed by atoms with Gasteiger partial charge in [0.1, 0.15) is 5.60 Å². The van der Waals surface area contributed by atoms with Crippen molar-refractivity contribution in [3.63, 3.8) is 0 Å². The normalized spacial score (nSPS) is 16.3. The third kappa shape index (κ3) is 3.22. The minimum absolute atomic E-state index is 0.151. The molecule has 0 aromatic heterocycles. The van der Waals surface area contributed by atoms with Crippen molar-refractivity contribution in [3.8, 4) is 0 Å². The Labute approximate surface area is 184 Å². The predicted molar refractivity (Wildman–Crippen MR) is 129 cm³/mol. The Morgan fingerprint density at radius 2 is 1.26 bits per heavy atom. The van der Waals surface area contributed by atoms with Gasteiger partial charge in [-0.2, -0.15) is 0 Å². The Kier molecular flexibility index (Phi) is 4.84. The molecule has 1 aliphatic carbocycles. The molecule has 0 heterocycles. The van der Waals surface area contributed by atoms with E-state index in [1.54, 1.807) is 0 Å². The molecule has 0 saturated carbocycles. The summed E-state index contributed by atoms with van der Waals surface area (Å²) >= 11 is 0. The van der Waals surface area contributed by atoms with Gasteiger partial charge in [0.2, 0.25) is 0 Å². The Hall–Kier alpha value is -3.42. The minimum atomic E-state index is -1.27. The molecule has 1 nitrogen and oxygen atoms in total. The second-order valence-corrected chi connectivity index (χ2v) is 8.47. The van der Waals surface area contributed by atoms with E-state index in [2.05, 4.69) is 62.4 Å². The molecule has 1 atom stereocenters. The quantitative estimate of drug-likeness (QED) is 0.361. The summed E-state index contributed by atoms with van der Waals surface area (Å²) in [7, 11) is 0. The van der Waals surface area contributed by atoms with Gasteiger partial charge in [-0.25, -0.2) is 0 Å². The Balaban J connectivity index is 1.91. The predicted octanol–water partition coefficient (Wildman–Crippen LogP) is 7.11. The van der Waals surface area contributed by atoms with Crippen molar-refractivity contribution < 1.29 is 5.11 Å². The first kappa shape index (κ1) is 19.5. The molecule has 4 aromatic rings. The van der Waals surface area contributed by atoms with E-state index >= 15 is 0 Å². The summed E-state index contributed by atoms with van der Waals surface area (Å²) in [6.07, 6.45) is 4.55. The highest BCUT2D eigenvalue weighted by atomic mass is 16.3. The zero-order chi connectivity index (χ0) is 21.4. The molecule has 0 amide bonds. The van der Waals surface area contributed by atoms with E-state index in [9.17, 15) is 5.11 Å². The van der Waals surface area contributed by atoms with Crippen LogP contribution >= 0.6 is 0 Å². The lowest BCUT2D eigenvalue weighted by atomic mass is 9.73. The molecule has 0 bridgehead atoms. The summed E-state index contributed by atoms with van der Waals surface area (Å²) in [5, 5.41) is 14.9. The largest absolute Gasteiger partial charge is 0.376 e. The first-order valence-corrected chi connectivity index (χ1v) is 10.8. The number of benzene rings is 4. The van der Waals surface area contributed by atoms with Gasteiger partial charge in [0.15, 0.2) is 0 Å². The van der Waals surface area contributed by atoms with Crippen molar-refractivity contribution in [1.82, 2.24) is 0 Å². The summed E-state index contributed by atoms with van der Waals surface area (Å²) in [4.78, 5) is 0. The molecule has 0 spiro atoms. The lowest BCUT2D eigenvalue weighted by Gasteiger charge is -2.34. The monoisotopic (exact) mass is 402 g/mol. The molecule has 0 fully saturated rings. The Bertz CT molecular complexity index is 1260. The van der Waals surface area contributed by atoms with Crippen LogP contribution in [0.25, 0.3) is 10.8 Å². The maximum atomic E-state index is 12.7.